The Morgan fingerprint density at radius 2 is 1.85 bits per heavy atom. The van der Waals surface area contributed by atoms with E-state index in [-0.39, 0.29) is 17.9 Å². The summed E-state index contributed by atoms with van der Waals surface area (Å²) in [6.45, 7) is 1.97. The number of benzene rings is 1. The van der Waals surface area contributed by atoms with Gasteiger partial charge in [-0.25, -0.2) is 4.79 Å². The third-order valence-electron chi connectivity index (χ3n) is 6.01. The first-order valence-electron chi connectivity index (χ1n) is 9.31. The molecule has 1 aromatic rings. The van der Waals surface area contributed by atoms with Gasteiger partial charge in [-0.15, -0.1) is 0 Å². The molecular weight excluding hydrogens is 346 g/mol. The second-order valence-corrected chi connectivity index (χ2v) is 7.70. The minimum Gasteiger partial charge on any atom is -0.464 e. The highest BCUT2D eigenvalue weighted by Crippen LogP contribution is 2.45. The number of amides is 2. The van der Waals surface area contributed by atoms with Gasteiger partial charge in [-0.05, 0) is 18.6 Å². The van der Waals surface area contributed by atoms with Gasteiger partial charge in [-0.1, -0.05) is 19.1 Å². The quantitative estimate of drug-likeness (QED) is 0.593. The minimum absolute atomic E-state index is 0.218. The zero-order chi connectivity index (χ0) is 19.9. The summed E-state index contributed by atoms with van der Waals surface area (Å²) in [6.07, 6.45) is 1.20. The Hall–Kier alpha value is -2.41. The number of methoxy groups -OCH3 is 1. The molecule has 0 bridgehead atoms. The van der Waals surface area contributed by atoms with Crippen LogP contribution in [0.25, 0.3) is 0 Å². The smallest absolute Gasteiger partial charge is 0.368 e. The first kappa shape index (κ1) is 19.4. The fraction of sp³-hybridized carbons (Fsp3) is 0.550. The zero-order valence-corrected chi connectivity index (χ0v) is 16.6. The first-order valence-corrected chi connectivity index (χ1v) is 9.31. The highest BCUT2D eigenvalue weighted by molar-refractivity contribution is 6.08. The molecule has 2 N–H and O–H groups in total. The first-order chi connectivity index (χ1) is 12.8. The molecular formula is C20H28N3O4+. The number of carbonyl (C=O) groups excluding carboxylic acids is 3. The lowest BCUT2D eigenvalue weighted by Crippen LogP contribution is -2.98. The number of esters is 1. The maximum absolute atomic E-state index is 12.9. The standard InChI is InChI=1S/C20H27N3O4/c1-6-11-20(19(26)27-5)15-14(17(24)23(4)18(15)25)16(21-20)12-7-9-13(10-8-12)22(2)3/h7-10,14-16,21H,6,11H2,1-5H3/p+1/t14-,15+,16-,20+/m0/s1. The number of imide groups is 1. The Bertz CT molecular complexity index is 761. The van der Waals surface area contributed by atoms with Crippen LogP contribution in [0.4, 0.5) is 5.69 Å². The predicted octanol–water partition coefficient (Wildman–Crippen LogP) is 0.314. The van der Waals surface area contributed by atoms with Gasteiger partial charge in [0, 0.05) is 38.8 Å². The number of carbonyl (C=O) groups is 3. The normalized spacial score (nSPS) is 29.8. The molecule has 0 aliphatic carbocycles. The van der Waals surface area contributed by atoms with E-state index >= 15 is 0 Å². The lowest BCUT2D eigenvalue weighted by atomic mass is 9.77. The summed E-state index contributed by atoms with van der Waals surface area (Å²) in [6, 6.07) is 7.63. The summed E-state index contributed by atoms with van der Waals surface area (Å²) in [5.41, 5.74) is 0.928. The molecule has 0 spiro atoms. The van der Waals surface area contributed by atoms with Crippen LogP contribution in [0.15, 0.2) is 24.3 Å². The third kappa shape index (κ3) is 2.81. The Balaban J connectivity index is 2.09. The van der Waals surface area contributed by atoms with Crippen molar-refractivity contribution in [2.45, 2.75) is 31.3 Å². The van der Waals surface area contributed by atoms with E-state index in [2.05, 4.69) is 0 Å². The summed E-state index contributed by atoms with van der Waals surface area (Å²) >= 11 is 0. The van der Waals surface area contributed by atoms with E-state index in [4.69, 9.17) is 4.74 Å². The van der Waals surface area contributed by atoms with Crippen molar-refractivity contribution in [3.8, 4) is 0 Å². The summed E-state index contributed by atoms with van der Waals surface area (Å²) < 4.78 is 5.09. The van der Waals surface area contributed by atoms with Gasteiger partial charge in [0.05, 0.1) is 7.11 Å². The van der Waals surface area contributed by atoms with E-state index in [0.29, 0.717) is 12.8 Å². The number of quaternary nitrogens is 1. The molecule has 0 unspecified atom stereocenters. The Labute approximate surface area is 159 Å². The lowest BCUT2D eigenvalue weighted by Gasteiger charge is -2.28. The van der Waals surface area contributed by atoms with Crippen LogP contribution in [-0.4, -0.2) is 56.5 Å². The molecule has 7 heteroatoms. The molecule has 1 aromatic carbocycles. The maximum Gasteiger partial charge on any atom is 0.368 e. The van der Waals surface area contributed by atoms with Crippen molar-refractivity contribution in [1.29, 1.82) is 0 Å². The molecule has 2 heterocycles. The molecule has 2 aliphatic rings. The molecule has 0 saturated carbocycles. The van der Waals surface area contributed by atoms with Gasteiger partial charge < -0.3 is 15.0 Å². The SMILES string of the molecule is CCC[C@@]1(C(=O)OC)[NH2+][C@@H](c2ccc(N(C)C)cc2)[C@H]2C(=O)N(C)C(=O)[C@@H]21. The fourth-order valence-corrected chi connectivity index (χ4v) is 4.70. The van der Waals surface area contributed by atoms with Gasteiger partial charge >= 0.3 is 5.97 Å². The molecule has 2 saturated heterocycles. The van der Waals surface area contributed by atoms with Gasteiger partial charge in [-0.2, -0.15) is 0 Å². The van der Waals surface area contributed by atoms with E-state index in [1.165, 1.54) is 19.1 Å². The van der Waals surface area contributed by atoms with Crippen LogP contribution < -0.4 is 10.2 Å². The van der Waals surface area contributed by atoms with Crippen LogP contribution in [0.1, 0.15) is 31.4 Å². The number of hydrogen-bond acceptors (Lipinski definition) is 5. The number of nitrogens with zero attached hydrogens (tertiary/aromatic N) is 2. The monoisotopic (exact) mass is 374 g/mol. The van der Waals surface area contributed by atoms with E-state index in [1.807, 2.05) is 55.5 Å². The fourth-order valence-electron chi connectivity index (χ4n) is 4.70. The molecule has 7 nitrogen and oxygen atoms in total. The number of ether oxygens (including phenoxy) is 1. The molecule has 146 valence electrons. The van der Waals surface area contributed by atoms with Crippen LogP contribution >= 0.6 is 0 Å². The zero-order valence-electron chi connectivity index (χ0n) is 16.6. The Morgan fingerprint density at radius 3 is 2.37 bits per heavy atom. The molecule has 2 fully saturated rings. The van der Waals surface area contributed by atoms with Crippen LogP contribution in [0, 0.1) is 11.8 Å². The lowest BCUT2D eigenvalue weighted by molar-refractivity contribution is -0.735. The molecule has 0 radical (unpaired) electrons. The van der Waals surface area contributed by atoms with E-state index in [9.17, 15) is 14.4 Å². The average Bonchev–Trinajstić information content (AvgIpc) is 3.12. The van der Waals surface area contributed by atoms with Gasteiger partial charge in [0.2, 0.25) is 17.4 Å². The molecule has 4 atom stereocenters. The van der Waals surface area contributed by atoms with Gasteiger partial charge in [0.25, 0.3) is 0 Å². The summed E-state index contributed by atoms with van der Waals surface area (Å²) in [7, 11) is 6.77. The van der Waals surface area contributed by atoms with Crippen LogP contribution in [0.2, 0.25) is 0 Å². The van der Waals surface area contributed by atoms with Gasteiger partial charge in [0.1, 0.15) is 17.9 Å². The van der Waals surface area contributed by atoms with Crippen molar-refractivity contribution in [1.82, 2.24) is 4.90 Å². The number of fused-ring (bicyclic) bond motifs is 1. The number of nitrogens with two attached hydrogens (primary N) is 1. The van der Waals surface area contributed by atoms with E-state index in [1.54, 1.807) is 0 Å². The number of likely N-dealkylation sites (tertiary alicyclic amines) is 1. The second-order valence-electron chi connectivity index (χ2n) is 7.70. The van der Waals surface area contributed by atoms with Crippen LogP contribution in [0.3, 0.4) is 0 Å². The highest BCUT2D eigenvalue weighted by Gasteiger charge is 2.71. The molecule has 0 aromatic heterocycles. The van der Waals surface area contributed by atoms with Crippen molar-refractivity contribution in [2.24, 2.45) is 11.8 Å². The second kappa shape index (κ2) is 6.96. The Morgan fingerprint density at radius 1 is 1.22 bits per heavy atom. The summed E-state index contributed by atoms with van der Waals surface area (Å²) in [5, 5.41) is 1.91. The third-order valence-corrected chi connectivity index (χ3v) is 6.01. The minimum atomic E-state index is -1.06. The average molecular weight is 374 g/mol. The van der Waals surface area contributed by atoms with Crippen LogP contribution in [-0.2, 0) is 19.1 Å². The molecule has 2 aliphatic heterocycles. The maximum atomic E-state index is 12.9. The summed E-state index contributed by atoms with van der Waals surface area (Å²) in [5.74, 6) is -2.18. The van der Waals surface area contributed by atoms with E-state index < -0.39 is 23.3 Å². The largest absolute Gasteiger partial charge is 0.464 e. The number of hydrogen-bond donors (Lipinski definition) is 1. The topological polar surface area (TPSA) is 83.5 Å². The van der Waals surface area contributed by atoms with E-state index in [0.717, 1.165) is 11.3 Å². The van der Waals surface area contributed by atoms with Crippen molar-refractivity contribution >= 4 is 23.5 Å². The summed E-state index contributed by atoms with van der Waals surface area (Å²) in [4.78, 5) is 41.8. The Kier molecular flexibility index (Phi) is 4.99. The predicted molar refractivity (Wildman–Crippen MR) is 99.8 cm³/mol. The van der Waals surface area contributed by atoms with Crippen molar-refractivity contribution in [2.75, 3.05) is 33.2 Å². The molecule has 27 heavy (non-hydrogen) atoms. The van der Waals surface area contributed by atoms with Crippen molar-refractivity contribution in [3.05, 3.63) is 29.8 Å². The molecule has 2 amide bonds. The van der Waals surface area contributed by atoms with Crippen molar-refractivity contribution < 1.29 is 24.4 Å². The van der Waals surface area contributed by atoms with Gasteiger partial charge in [-0.3, -0.25) is 14.5 Å². The molecule has 3 rings (SSSR count). The number of anilines is 1. The highest BCUT2D eigenvalue weighted by atomic mass is 16.5. The van der Waals surface area contributed by atoms with Gasteiger partial charge in [0.15, 0.2) is 0 Å². The van der Waals surface area contributed by atoms with Crippen molar-refractivity contribution in [3.63, 3.8) is 0 Å². The number of rotatable bonds is 5. The van der Waals surface area contributed by atoms with Crippen LogP contribution in [0.5, 0.6) is 0 Å².